The SMILES string of the molecule is C1CC1.CC1CC(=O)CN(c2ncc(Cl)c(Nc3ccc4c(c3)c3c(c(=O)n4C)OCC(F)(F)CN3)n2)C1. The number of carbonyl (C=O) groups is 1. The zero-order chi connectivity index (χ0) is 27.0. The molecular weight excluding hydrogens is 518 g/mol. The van der Waals surface area contributed by atoms with Gasteiger partial charge in [-0.25, -0.2) is 13.8 Å². The van der Waals surface area contributed by atoms with Crippen LogP contribution < -0.4 is 25.8 Å². The number of hydrogen-bond donors (Lipinski definition) is 2. The van der Waals surface area contributed by atoms with E-state index in [1.165, 1.54) is 30.0 Å². The molecule has 4 heterocycles. The van der Waals surface area contributed by atoms with Crippen LogP contribution in [0.3, 0.4) is 0 Å². The van der Waals surface area contributed by atoms with Gasteiger partial charge in [0.05, 0.1) is 30.5 Å². The van der Waals surface area contributed by atoms with Crippen molar-refractivity contribution in [1.29, 1.82) is 0 Å². The number of anilines is 4. The molecular formula is C26H29ClF2N6O3. The van der Waals surface area contributed by atoms with E-state index < -0.39 is 24.6 Å². The van der Waals surface area contributed by atoms with Crippen LogP contribution in [0.5, 0.6) is 5.75 Å². The van der Waals surface area contributed by atoms with E-state index in [1.807, 2.05) is 11.8 Å². The third-order valence-electron chi connectivity index (χ3n) is 6.41. The molecule has 0 bridgehead atoms. The quantitative estimate of drug-likeness (QED) is 0.485. The molecule has 3 aromatic rings. The van der Waals surface area contributed by atoms with Crippen LogP contribution in [0, 0.1) is 5.92 Å². The lowest BCUT2D eigenvalue weighted by molar-refractivity contribution is -0.119. The van der Waals surface area contributed by atoms with Crippen molar-refractivity contribution in [3.63, 3.8) is 0 Å². The Kier molecular flexibility index (Phi) is 7.13. The number of nitrogens with zero attached hydrogens (tertiary/aromatic N) is 4. The number of fused-ring (bicyclic) bond motifs is 3. The van der Waals surface area contributed by atoms with Crippen LogP contribution in [-0.2, 0) is 11.8 Å². The molecule has 202 valence electrons. The molecule has 0 amide bonds. The minimum atomic E-state index is -3.12. The third kappa shape index (κ3) is 5.67. The summed E-state index contributed by atoms with van der Waals surface area (Å²) < 4.78 is 34.5. The van der Waals surface area contributed by atoms with Crippen molar-refractivity contribution in [2.75, 3.05) is 41.8 Å². The fourth-order valence-electron chi connectivity index (χ4n) is 4.41. The van der Waals surface area contributed by atoms with Gasteiger partial charge in [0, 0.05) is 31.1 Å². The number of halogens is 3. The molecule has 1 unspecified atom stereocenters. The van der Waals surface area contributed by atoms with Gasteiger partial charge in [-0.3, -0.25) is 9.59 Å². The lowest BCUT2D eigenvalue weighted by Crippen LogP contribution is -2.40. The molecule has 1 aromatic carbocycles. The van der Waals surface area contributed by atoms with Gasteiger partial charge in [0.25, 0.3) is 11.5 Å². The largest absolute Gasteiger partial charge is 0.480 e. The number of ketones is 1. The van der Waals surface area contributed by atoms with Gasteiger partial charge in [0.2, 0.25) is 11.7 Å². The maximum atomic E-state index is 14.0. The van der Waals surface area contributed by atoms with Gasteiger partial charge in [-0.15, -0.1) is 0 Å². The summed E-state index contributed by atoms with van der Waals surface area (Å²) in [5.41, 5.74) is 0.799. The standard InChI is InChI=1S/C23H23ClF2N6O3.C3H6/c1-12-5-14(33)9-32(8-12)22-27-7-16(24)20(30-22)29-13-3-4-17-15(6-13)18-19(21(34)31(17)2)35-11-23(25,26)10-28-18;1-2-3-1/h3-4,6-7,12,28H,5,8-11H2,1-2H3,(H,27,29,30);1-3H2. The number of benzene rings is 1. The first-order valence-corrected chi connectivity index (χ1v) is 13.0. The van der Waals surface area contributed by atoms with Crippen molar-refractivity contribution in [2.45, 2.75) is 38.5 Å². The Bertz CT molecular complexity index is 1440. The molecule has 2 N–H and O–H groups in total. The predicted molar refractivity (Wildman–Crippen MR) is 143 cm³/mol. The minimum Gasteiger partial charge on any atom is -0.480 e. The van der Waals surface area contributed by atoms with Crippen LogP contribution in [-0.4, -0.2) is 52.5 Å². The minimum absolute atomic E-state index is 0.123. The van der Waals surface area contributed by atoms with Crippen LogP contribution in [0.25, 0.3) is 10.9 Å². The van der Waals surface area contributed by atoms with Gasteiger partial charge in [0.1, 0.15) is 5.02 Å². The first-order valence-electron chi connectivity index (χ1n) is 12.6. The van der Waals surface area contributed by atoms with Crippen molar-refractivity contribution >= 4 is 51.4 Å². The van der Waals surface area contributed by atoms with Gasteiger partial charge in [-0.05, 0) is 24.1 Å². The number of carbonyl (C=O) groups excluding carboxylic acids is 1. The number of nitrogens with one attached hydrogen (secondary N) is 2. The van der Waals surface area contributed by atoms with Crippen LogP contribution in [0.15, 0.2) is 29.2 Å². The molecule has 1 atom stereocenters. The van der Waals surface area contributed by atoms with Crippen molar-refractivity contribution in [3.8, 4) is 5.75 Å². The fourth-order valence-corrected chi connectivity index (χ4v) is 4.55. The van der Waals surface area contributed by atoms with E-state index in [0.29, 0.717) is 41.3 Å². The average molecular weight is 547 g/mol. The van der Waals surface area contributed by atoms with E-state index in [1.54, 1.807) is 25.2 Å². The molecule has 1 saturated heterocycles. The lowest BCUT2D eigenvalue weighted by atomic mass is 10.00. The molecule has 38 heavy (non-hydrogen) atoms. The molecule has 1 aliphatic carbocycles. The Morgan fingerprint density at radius 3 is 2.71 bits per heavy atom. The summed E-state index contributed by atoms with van der Waals surface area (Å²) >= 11 is 6.34. The first-order chi connectivity index (χ1) is 18.1. The molecule has 0 spiro atoms. The normalized spacial score (nSPS) is 19.9. The van der Waals surface area contributed by atoms with Gasteiger partial charge in [0.15, 0.2) is 18.2 Å². The molecule has 6 rings (SSSR count). The van der Waals surface area contributed by atoms with E-state index in [0.717, 1.165) is 0 Å². The van der Waals surface area contributed by atoms with E-state index in [-0.39, 0.29) is 34.7 Å². The molecule has 9 nitrogen and oxygen atoms in total. The Morgan fingerprint density at radius 2 is 2.00 bits per heavy atom. The molecule has 2 aromatic heterocycles. The molecule has 2 fully saturated rings. The van der Waals surface area contributed by atoms with Crippen LogP contribution in [0.1, 0.15) is 32.6 Å². The number of rotatable bonds is 3. The fraction of sp³-hybridized carbons (Fsp3) is 0.462. The summed E-state index contributed by atoms with van der Waals surface area (Å²) in [6, 6.07) is 5.13. The summed E-state index contributed by atoms with van der Waals surface area (Å²) in [5, 5.41) is 6.61. The van der Waals surface area contributed by atoms with Gasteiger partial charge in [-0.1, -0.05) is 37.8 Å². The first kappa shape index (κ1) is 26.1. The van der Waals surface area contributed by atoms with Crippen LogP contribution in [0.2, 0.25) is 5.02 Å². The topological polar surface area (TPSA) is 101 Å². The third-order valence-corrected chi connectivity index (χ3v) is 6.69. The Morgan fingerprint density at radius 1 is 1.24 bits per heavy atom. The summed E-state index contributed by atoms with van der Waals surface area (Å²) in [7, 11) is 1.55. The average Bonchev–Trinajstić information content (AvgIpc) is 3.75. The summed E-state index contributed by atoms with van der Waals surface area (Å²) in [4.78, 5) is 35.4. The Balaban J connectivity index is 0.000000916. The molecule has 1 saturated carbocycles. The maximum Gasteiger partial charge on any atom is 0.298 e. The highest BCUT2D eigenvalue weighted by molar-refractivity contribution is 6.33. The summed E-state index contributed by atoms with van der Waals surface area (Å²) in [6.45, 7) is 1.34. The molecule has 2 aliphatic heterocycles. The zero-order valence-electron chi connectivity index (χ0n) is 21.2. The number of ether oxygens (including phenoxy) is 1. The highest BCUT2D eigenvalue weighted by Gasteiger charge is 2.35. The number of pyridine rings is 1. The lowest BCUT2D eigenvalue weighted by Gasteiger charge is -2.30. The second kappa shape index (κ2) is 10.4. The molecule has 12 heteroatoms. The highest BCUT2D eigenvalue weighted by atomic mass is 35.5. The smallest absolute Gasteiger partial charge is 0.298 e. The van der Waals surface area contributed by atoms with Crippen molar-refractivity contribution in [1.82, 2.24) is 14.5 Å². The highest BCUT2D eigenvalue weighted by Crippen LogP contribution is 2.36. The van der Waals surface area contributed by atoms with E-state index in [9.17, 15) is 18.4 Å². The van der Waals surface area contributed by atoms with Crippen LogP contribution >= 0.6 is 11.6 Å². The van der Waals surface area contributed by atoms with Crippen molar-refractivity contribution in [2.24, 2.45) is 13.0 Å². The monoisotopic (exact) mass is 546 g/mol. The number of aromatic nitrogens is 3. The number of piperidine rings is 1. The number of aryl methyl sites for hydroxylation is 1. The Labute approximate surface area is 223 Å². The van der Waals surface area contributed by atoms with Gasteiger partial charge in [-0.2, -0.15) is 4.98 Å². The van der Waals surface area contributed by atoms with E-state index >= 15 is 0 Å². The second-order valence-corrected chi connectivity index (χ2v) is 10.5. The van der Waals surface area contributed by atoms with Crippen molar-refractivity contribution in [3.05, 3.63) is 39.8 Å². The summed E-state index contributed by atoms with van der Waals surface area (Å²) in [5.74, 6) is -2.25. The number of hydrogen-bond acceptors (Lipinski definition) is 8. The maximum absolute atomic E-state index is 14.0. The van der Waals surface area contributed by atoms with Gasteiger partial charge >= 0.3 is 0 Å². The number of Topliss-reactive ketones (excluding diaryl/α,β-unsaturated/α-hetero) is 1. The van der Waals surface area contributed by atoms with E-state index in [2.05, 4.69) is 20.6 Å². The summed E-state index contributed by atoms with van der Waals surface area (Å²) in [6.07, 6.45) is 6.49. The second-order valence-electron chi connectivity index (χ2n) is 10.1. The van der Waals surface area contributed by atoms with Gasteiger partial charge < -0.3 is 24.8 Å². The van der Waals surface area contributed by atoms with Crippen LogP contribution in [0.4, 0.5) is 31.9 Å². The van der Waals surface area contributed by atoms with E-state index in [4.69, 9.17) is 16.3 Å². The predicted octanol–water partition coefficient (Wildman–Crippen LogP) is 4.75. The molecule has 3 aliphatic rings. The Hall–Kier alpha value is -3.47. The van der Waals surface area contributed by atoms with Crippen molar-refractivity contribution < 1.29 is 18.3 Å². The molecule has 0 radical (unpaired) electrons. The zero-order valence-corrected chi connectivity index (χ0v) is 21.9. The number of alkyl halides is 2.